The highest BCUT2D eigenvalue weighted by atomic mass is 32.2. The SMILES string of the molecule is CCOc1ccccc1NC(=O)Nc1ccc2c(c1)N(S(=O)(=O)c1ccccc1)CC2. The Hall–Kier alpha value is -3.52. The third-order valence-corrected chi connectivity index (χ3v) is 6.79. The lowest BCUT2D eigenvalue weighted by atomic mass is 10.1. The monoisotopic (exact) mass is 437 g/mol. The zero-order chi connectivity index (χ0) is 21.8. The molecule has 3 aromatic carbocycles. The van der Waals surface area contributed by atoms with Crippen LogP contribution in [-0.4, -0.2) is 27.6 Å². The summed E-state index contributed by atoms with van der Waals surface area (Å²) in [5.41, 5.74) is 2.56. The predicted octanol–water partition coefficient (Wildman–Crippen LogP) is 4.48. The molecule has 0 aromatic heterocycles. The minimum Gasteiger partial charge on any atom is -0.492 e. The van der Waals surface area contributed by atoms with E-state index in [4.69, 9.17) is 4.74 Å². The number of amides is 2. The number of hydrogen-bond donors (Lipinski definition) is 2. The van der Waals surface area contributed by atoms with Crippen molar-refractivity contribution in [3.05, 3.63) is 78.4 Å². The molecule has 0 bridgehead atoms. The molecule has 3 aromatic rings. The van der Waals surface area contributed by atoms with E-state index in [1.54, 1.807) is 60.7 Å². The molecule has 1 aliphatic rings. The van der Waals surface area contributed by atoms with Crippen molar-refractivity contribution in [2.24, 2.45) is 0 Å². The zero-order valence-electron chi connectivity index (χ0n) is 17.0. The van der Waals surface area contributed by atoms with E-state index in [2.05, 4.69) is 10.6 Å². The van der Waals surface area contributed by atoms with Crippen molar-refractivity contribution in [1.82, 2.24) is 0 Å². The molecular weight excluding hydrogens is 414 g/mol. The average Bonchev–Trinajstić information content (AvgIpc) is 3.20. The molecule has 160 valence electrons. The second-order valence-corrected chi connectivity index (χ2v) is 8.85. The van der Waals surface area contributed by atoms with Gasteiger partial charge in [0.15, 0.2) is 0 Å². The second kappa shape index (κ2) is 8.69. The smallest absolute Gasteiger partial charge is 0.323 e. The fourth-order valence-corrected chi connectivity index (χ4v) is 5.05. The number of ether oxygens (including phenoxy) is 1. The van der Waals surface area contributed by atoms with Crippen molar-refractivity contribution < 1.29 is 17.9 Å². The van der Waals surface area contributed by atoms with E-state index in [0.29, 0.717) is 42.4 Å². The van der Waals surface area contributed by atoms with Crippen LogP contribution in [0.5, 0.6) is 5.75 Å². The number of fused-ring (bicyclic) bond motifs is 1. The number of benzene rings is 3. The molecule has 4 rings (SSSR count). The van der Waals surface area contributed by atoms with E-state index in [1.165, 1.54) is 4.31 Å². The highest BCUT2D eigenvalue weighted by Gasteiger charge is 2.31. The molecule has 0 fully saturated rings. The fraction of sp³-hybridized carbons (Fsp3) is 0.174. The molecule has 0 unspecified atom stereocenters. The summed E-state index contributed by atoms with van der Waals surface area (Å²) in [5, 5.41) is 5.55. The average molecular weight is 438 g/mol. The van der Waals surface area contributed by atoms with Crippen LogP contribution in [0.15, 0.2) is 77.7 Å². The quantitative estimate of drug-likeness (QED) is 0.595. The van der Waals surface area contributed by atoms with Crippen LogP contribution in [0.1, 0.15) is 12.5 Å². The van der Waals surface area contributed by atoms with Gasteiger partial charge < -0.3 is 15.4 Å². The molecule has 0 aliphatic carbocycles. The van der Waals surface area contributed by atoms with E-state index in [9.17, 15) is 13.2 Å². The summed E-state index contributed by atoms with van der Waals surface area (Å²) < 4.78 is 33.1. The molecule has 0 atom stereocenters. The van der Waals surface area contributed by atoms with Gasteiger partial charge in [-0.2, -0.15) is 0 Å². The van der Waals surface area contributed by atoms with Gasteiger partial charge in [0.2, 0.25) is 0 Å². The highest BCUT2D eigenvalue weighted by Crippen LogP contribution is 2.35. The number of carbonyl (C=O) groups is 1. The maximum Gasteiger partial charge on any atom is 0.323 e. The minimum absolute atomic E-state index is 0.242. The number of nitrogens with zero attached hydrogens (tertiary/aromatic N) is 1. The Labute approximate surface area is 181 Å². The molecule has 1 heterocycles. The Bertz CT molecular complexity index is 1200. The maximum atomic E-state index is 13.1. The van der Waals surface area contributed by atoms with E-state index in [-0.39, 0.29) is 4.90 Å². The number of para-hydroxylation sites is 2. The van der Waals surface area contributed by atoms with E-state index >= 15 is 0 Å². The van der Waals surface area contributed by atoms with Gasteiger partial charge in [0.05, 0.1) is 22.9 Å². The van der Waals surface area contributed by atoms with Crippen molar-refractivity contribution in [1.29, 1.82) is 0 Å². The summed E-state index contributed by atoms with van der Waals surface area (Å²) in [7, 11) is -3.67. The molecule has 2 N–H and O–H groups in total. The largest absolute Gasteiger partial charge is 0.492 e. The molecule has 8 heteroatoms. The van der Waals surface area contributed by atoms with Gasteiger partial charge >= 0.3 is 6.03 Å². The molecule has 0 saturated carbocycles. The van der Waals surface area contributed by atoms with Gasteiger partial charge in [-0.25, -0.2) is 13.2 Å². The molecule has 1 aliphatic heterocycles. The van der Waals surface area contributed by atoms with Gasteiger partial charge in [0, 0.05) is 12.2 Å². The first-order valence-electron chi connectivity index (χ1n) is 9.99. The zero-order valence-corrected chi connectivity index (χ0v) is 17.9. The maximum absolute atomic E-state index is 13.1. The molecular formula is C23H23N3O4S. The third-order valence-electron chi connectivity index (χ3n) is 4.96. The van der Waals surface area contributed by atoms with Crippen molar-refractivity contribution in [2.45, 2.75) is 18.2 Å². The minimum atomic E-state index is -3.67. The number of carbonyl (C=O) groups excluding carboxylic acids is 1. The Morgan fingerprint density at radius 3 is 2.52 bits per heavy atom. The fourth-order valence-electron chi connectivity index (χ4n) is 3.53. The lowest BCUT2D eigenvalue weighted by Crippen LogP contribution is -2.29. The number of nitrogens with one attached hydrogen (secondary N) is 2. The highest BCUT2D eigenvalue weighted by molar-refractivity contribution is 7.92. The Morgan fingerprint density at radius 1 is 1.00 bits per heavy atom. The Kier molecular flexibility index (Phi) is 5.81. The van der Waals surface area contributed by atoms with Crippen LogP contribution >= 0.6 is 0 Å². The molecule has 0 spiro atoms. The van der Waals surface area contributed by atoms with Gasteiger partial charge in [0.1, 0.15) is 5.75 Å². The van der Waals surface area contributed by atoms with Gasteiger partial charge in [-0.05, 0) is 55.3 Å². The first-order valence-corrected chi connectivity index (χ1v) is 11.4. The van der Waals surface area contributed by atoms with E-state index in [1.807, 2.05) is 19.1 Å². The third kappa shape index (κ3) is 4.34. The normalized spacial score (nSPS) is 12.9. The summed E-state index contributed by atoms with van der Waals surface area (Å²) in [6.07, 6.45) is 0.621. The van der Waals surface area contributed by atoms with Crippen molar-refractivity contribution in [3.8, 4) is 5.75 Å². The summed E-state index contributed by atoms with van der Waals surface area (Å²) in [4.78, 5) is 12.8. The van der Waals surface area contributed by atoms with Crippen LogP contribution in [0.4, 0.5) is 21.9 Å². The molecule has 0 radical (unpaired) electrons. The summed E-state index contributed by atoms with van der Waals surface area (Å²) >= 11 is 0. The van der Waals surface area contributed by atoms with E-state index < -0.39 is 16.1 Å². The lowest BCUT2D eigenvalue weighted by Gasteiger charge is -2.20. The molecule has 7 nitrogen and oxygen atoms in total. The number of anilines is 3. The van der Waals surface area contributed by atoms with Crippen molar-refractivity contribution >= 4 is 33.1 Å². The number of urea groups is 1. The van der Waals surface area contributed by atoms with E-state index in [0.717, 1.165) is 5.56 Å². The van der Waals surface area contributed by atoms with Crippen molar-refractivity contribution in [2.75, 3.05) is 28.1 Å². The van der Waals surface area contributed by atoms with Crippen LogP contribution in [-0.2, 0) is 16.4 Å². The number of sulfonamides is 1. The summed E-state index contributed by atoms with van der Waals surface area (Å²) in [5.74, 6) is 0.578. The first kappa shape index (κ1) is 20.7. The Balaban J connectivity index is 1.54. The summed E-state index contributed by atoms with van der Waals surface area (Å²) in [6, 6.07) is 20.4. The van der Waals surface area contributed by atoms with Crippen LogP contribution in [0.3, 0.4) is 0 Å². The van der Waals surface area contributed by atoms with Gasteiger partial charge in [-0.1, -0.05) is 36.4 Å². The number of hydrogen-bond acceptors (Lipinski definition) is 4. The Morgan fingerprint density at radius 2 is 1.74 bits per heavy atom. The van der Waals surface area contributed by atoms with Gasteiger partial charge in [-0.15, -0.1) is 0 Å². The first-order chi connectivity index (χ1) is 15.0. The molecule has 2 amide bonds. The van der Waals surface area contributed by atoms with Gasteiger partial charge in [-0.3, -0.25) is 4.31 Å². The standard InChI is InChI=1S/C23H23N3O4S/c1-2-30-22-11-7-6-10-20(22)25-23(27)24-18-13-12-17-14-15-26(21(17)16-18)31(28,29)19-8-4-3-5-9-19/h3-13,16H,2,14-15H2,1H3,(H2,24,25,27). The van der Waals surface area contributed by atoms with Crippen LogP contribution in [0, 0.1) is 0 Å². The predicted molar refractivity (Wildman–Crippen MR) is 121 cm³/mol. The van der Waals surface area contributed by atoms with Crippen LogP contribution in [0.2, 0.25) is 0 Å². The lowest BCUT2D eigenvalue weighted by molar-refractivity contribution is 0.262. The second-order valence-electron chi connectivity index (χ2n) is 6.99. The van der Waals surface area contributed by atoms with Gasteiger partial charge in [0.25, 0.3) is 10.0 Å². The van der Waals surface area contributed by atoms with Crippen LogP contribution < -0.4 is 19.7 Å². The topological polar surface area (TPSA) is 87.7 Å². The van der Waals surface area contributed by atoms with Crippen molar-refractivity contribution in [3.63, 3.8) is 0 Å². The number of rotatable bonds is 6. The molecule has 31 heavy (non-hydrogen) atoms. The van der Waals surface area contributed by atoms with Crippen LogP contribution in [0.25, 0.3) is 0 Å². The summed E-state index contributed by atoms with van der Waals surface area (Å²) in [6.45, 7) is 2.72. The molecule has 0 saturated heterocycles.